The highest BCUT2D eigenvalue weighted by Gasteiger charge is 2.33. The Bertz CT molecular complexity index is 1290. The third kappa shape index (κ3) is 3.67. The first kappa shape index (κ1) is 20.7. The first-order valence-electron chi connectivity index (χ1n) is 9.26. The fraction of sp³-hybridized carbons (Fsp3) is 0.238. The number of carbonyl (C=O) groups is 1. The van der Waals surface area contributed by atoms with Crippen LogP contribution in [0, 0.1) is 5.82 Å². The van der Waals surface area contributed by atoms with E-state index < -0.39 is 38.6 Å². The number of hydrogen-bond donors (Lipinski definition) is 2. The van der Waals surface area contributed by atoms with E-state index in [1.54, 1.807) is 18.2 Å². The maximum atomic E-state index is 14.9. The lowest BCUT2D eigenvalue weighted by molar-refractivity contribution is 0.0955. The number of benzene rings is 2. The normalized spacial score (nSPS) is 14.1. The second kappa shape index (κ2) is 7.63. The molecule has 1 heterocycles. The quantitative estimate of drug-likeness (QED) is 0.559. The number of phenols is 1. The zero-order valence-corrected chi connectivity index (χ0v) is 18.3. The van der Waals surface area contributed by atoms with Crippen molar-refractivity contribution in [1.29, 1.82) is 0 Å². The molecule has 0 atom stereocenters. The molecule has 156 valence electrons. The van der Waals surface area contributed by atoms with Crippen molar-refractivity contribution in [2.24, 2.45) is 0 Å². The highest BCUT2D eigenvalue weighted by Crippen LogP contribution is 2.44. The summed E-state index contributed by atoms with van der Waals surface area (Å²) in [5.41, 5.74) is 0.0235. The second-order valence-corrected chi connectivity index (χ2v) is 10.1. The van der Waals surface area contributed by atoms with Crippen molar-refractivity contribution in [2.75, 3.05) is 7.05 Å². The minimum absolute atomic E-state index is 0.00864. The zero-order valence-electron chi connectivity index (χ0n) is 15.9. The summed E-state index contributed by atoms with van der Waals surface area (Å²) in [5, 5.41) is 13.5. The molecule has 3 aromatic rings. The molecule has 2 N–H and O–H groups in total. The molecule has 30 heavy (non-hydrogen) atoms. The van der Waals surface area contributed by atoms with Crippen molar-refractivity contribution in [2.45, 2.75) is 29.4 Å². The molecule has 2 aromatic carbocycles. The summed E-state index contributed by atoms with van der Waals surface area (Å²) in [4.78, 5) is 16.4. The van der Waals surface area contributed by atoms with Gasteiger partial charge >= 0.3 is 0 Å². The van der Waals surface area contributed by atoms with Crippen molar-refractivity contribution in [3.8, 4) is 5.75 Å². The van der Waals surface area contributed by atoms with Crippen LogP contribution >= 0.6 is 15.9 Å². The topological polar surface area (TPSA) is 96.4 Å². The molecule has 0 radical (unpaired) electrons. The number of hydrogen-bond acceptors (Lipinski definition) is 5. The number of nitrogens with zero attached hydrogens (tertiary/aromatic N) is 1. The molecule has 1 saturated carbocycles. The van der Waals surface area contributed by atoms with Gasteiger partial charge in [0, 0.05) is 28.7 Å². The van der Waals surface area contributed by atoms with Crippen LogP contribution in [0.3, 0.4) is 0 Å². The van der Waals surface area contributed by atoms with Crippen molar-refractivity contribution in [3.05, 3.63) is 63.5 Å². The number of sulfone groups is 1. The predicted molar refractivity (Wildman–Crippen MR) is 114 cm³/mol. The molecule has 1 aliphatic carbocycles. The molecule has 0 unspecified atom stereocenters. The Kier molecular flexibility index (Phi) is 5.27. The average Bonchev–Trinajstić information content (AvgIpc) is 3.54. The summed E-state index contributed by atoms with van der Waals surface area (Å²) >= 11 is 3.32. The first-order valence-corrected chi connectivity index (χ1v) is 11.7. The molecule has 9 heteroatoms. The largest absolute Gasteiger partial charge is 0.507 e. The van der Waals surface area contributed by atoms with Crippen molar-refractivity contribution in [3.63, 3.8) is 0 Å². The van der Waals surface area contributed by atoms with Gasteiger partial charge < -0.3 is 10.4 Å². The number of carbonyl (C=O) groups excluding carboxylic acids is 1. The Hall–Kier alpha value is -2.52. The number of rotatable bonds is 5. The molecule has 0 bridgehead atoms. The van der Waals surface area contributed by atoms with E-state index in [1.165, 1.54) is 25.4 Å². The summed E-state index contributed by atoms with van der Waals surface area (Å²) < 4.78 is 42.0. The van der Waals surface area contributed by atoms with Crippen LogP contribution in [0.25, 0.3) is 10.9 Å². The molecule has 0 spiro atoms. The molecular formula is C21H18BrFN2O4S. The van der Waals surface area contributed by atoms with E-state index in [0.29, 0.717) is 15.4 Å². The average molecular weight is 493 g/mol. The first-order chi connectivity index (χ1) is 14.2. The summed E-state index contributed by atoms with van der Waals surface area (Å²) in [6.45, 7) is 0. The smallest absolute Gasteiger partial charge is 0.257 e. The SMILES string of the molecule is CNC(=O)c1c(O)c(CS(=O)(=O)c2cc(Br)cc3cccnc23)cc(C2CC2)c1F. The number of pyridine rings is 1. The minimum Gasteiger partial charge on any atom is -0.507 e. The van der Waals surface area contributed by atoms with Crippen molar-refractivity contribution < 1.29 is 22.7 Å². The van der Waals surface area contributed by atoms with E-state index in [1.807, 2.05) is 0 Å². The lowest BCUT2D eigenvalue weighted by Gasteiger charge is -2.15. The van der Waals surface area contributed by atoms with Crippen LogP contribution in [-0.2, 0) is 15.6 Å². The molecule has 0 aliphatic heterocycles. The van der Waals surface area contributed by atoms with Gasteiger partial charge in [0.15, 0.2) is 9.84 Å². The van der Waals surface area contributed by atoms with Crippen LogP contribution in [0.15, 0.2) is 45.9 Å². The number of aromatic nitrogens is 1. The van der Waals surface area contributed by atoms with Gasteiger partial charge in [-0.2, -0.15) is 0 Å². The number of amides is 1. The maximum absolute atomic E-state index is 14.9. The molecule has 4 rings (SSSR count). The van der Waals surface area contributed by atoms with E-state index in [9.17, 15) is 22.7 Å². The monoisotopic (exact) mass is 492 g/mol. The molecule has 1 fully saturated rings. The number of halogens is 2. The number of phenolic OH excluding ortho intramolecular Hbond substituents is 1. The van der Waals surface area contributed by atoms with Gasteiger partial charge in [-0.15, -0.1) is 0 Å². The second-order valence-electron chi connectivity index (χ2n) is 7.25. The number of nitrogens with one attached hydrogen (secondary N) is 1. The summed E-state index contributed by atoms with van der Waals surface area (Å²) in [5.74, 6) is -2.94. The lowest BCUT2D eigenvalue weighted by Crippen LogP contribution is -2.21. The van der Waals surface area contributed by atoms with Crippen LogP contribution in [0.5, 0.6) is 5.75 Å². The molecule has 6 nitrogen and oxygen atoms in total. The third-order valence-electron chi connectivity index (χ3n) is 5.13. The standard InChI is InChI=1S/C21H18BrFN2O4S/c1-24-21(27)17-18(23)15(11-4-5-11)8-13(20(17)26)10-30(28,29)16-9-14(22)7-12-3-2-6-25-19(12)16/h2-3,6-9,11,26H,4-5,10H2,1H3,(H,24,27). The summed E-state index contributed by atoms with van der Waals surface area (Å²) in [6.07, 6.45) is 3.00. The van der Waals surface area contributed by atoms with Crippen molar-refractivity contribution in [1.82, 2.24) is 10.3 Å². The Morgan fingerprint density at radius 2 is 2.07 bits per heavy atom. The van der Waals surface area contributed by atoms with Gasteiger partial charge in [-0.3, -0.25) is 9.78 Å². The van der Waals surface area contributed by atoms with Crippen LogP contribution < -0.4 is 5.32 Å². The summed E-state index contributed by atoms with van der Waals surface area (Å²) in [6, 6.07) is 8.02. The van der Waals surface area contributed by atoms with Crippen LogP contribution in [0.4, 0.5) is 4.39 Å². The van der Waals surface area contributed by atoms with Gasteiger partial charge in [0.2, 0.25) is 0 Å². The Labute approximate surface area is 181 Å². The molecule has 1 amide bonds. The van der Waals surface area contributed by atoms with Crippen LogP contribution in [0.1, 0.15) is 40.2 Å². The van der Waals surface area contributed by atoms with E-state index in [-0.39, 0.29) is 21.9 Å². The Morgan fingerprint density at radius 1 is 1.33 bits per heavy atom. The summed E-state index contributed by atoms with van der Waals surface area (Å²) in [7, 11) is -2.66. The fourth-order valence-corrected chi connectivity index (χ4v) is 5.69. The van der Waals surface area contributed by atoms with Gasteiger partial charge in [-0.05, 0) is 48.6 Å². The van der Waals surface area contributed by atoms with E-state index in [2.05, 4.69) is 26.2 Å². The van der Waals surface area contributed by atoms with Gasteiger partial charge in [0.25, 0.3) is 5.91 Å². The van der Waals surface area contributed by atoms with E-state index >= 15 is 0 Å². The molecule has 1 aromatic heterocycles. The Morgan fingerprint density at radius 3 is 2.73 bits per heavy atom. The van der Waals surface area contributed by atoms with E-state index in [0.717, 1.165) is 12.8 Å². The number of fused-ring (bicyclic) bond motifs is 1. The molecular weight excluding hydrogens is 475 g/mol. The minimum atomic E-state index is -3.98. The third-order valence-corrected chi connectivity index (χ3v) is 7.26. The van der Waals surface area contributed by atoms with E-state index in [4.69, 9.17) is 0 Å². The Balaban J connectivity index is 1.87. The lowest BCUT2D eigenvalue weighted by atomic mass is 10.00. The van der Waals surface area contributed by atoms with Crippen molar-refractivity contribution >= 4 is 42.6 Å². The van der Waals surface area contributed by atoms with Gasteiger partial charge in [0.05, 0.1) is 16.2 Å². The maximum Gasteiger partial charge on any atom is 0.257 e. The molecule has 1 aliphatic rings. The van der Waals surface area contributed by atoms with Crippen LogP contribution in [-0.4, -0.2) is 31.5 Å². The highest BCUT2D eigenvalue weighted by atomic mass is 79.9. The zero-order chi connectivity index (χ0) is 21.6. The van der Waals surface area contributed by atoms with Gasteiger partial charge in [-0.1, -0.05) is 22.0 Å². The predicted octanol–water partition coefficient (Wildman–Crippen LogP) is 4.05. The highest BCUT2D eigenvalue weighted by molar-refractivity contribution is 9.10. The van der Waals surface area contributed by atoms with Gasteiger partial charge in [0.1, 0.15) is 17.1 Å². The van der Waals surface area contributed by atoms with Crippen LogP contribution in [0.2, 0.25) is 0 Å². The number of aromatic hydroxyl groups is 1. The molecule has 0 saturated heterocycles. The van der Waals surface area contributed by atoms with Gasteiger partial charge in [-0.25, -0.2) is 12.8 Å². The fourth-order valence-electron chi connectivity index (χ4n) is 3.51.